The predicted molar refractivity (Wildman–Crippen MR) is 70.9 cm³/mol. The Morgan fingerprint density at radius 2 is 2.37 bits per heavy atom. The summed E-state index contributed by atoms with van der Waals surface area (Å²) in [6, 6.07) is 0. The van der Waals surface area contributed by atoms with Crippen LogP contribution in [0.4, 0.5) is 0 Å². The zero-order chi connectivity index (χ0) is 13.8. The van der Waals surface area contributed by atoms with E-state index in [1.165, 1.54) is 0 Å². The van der Waals surface area contributed by atoms with E-state index in [4.69, 9.17) is 4.74 Å². The van der Waals surface area contributed by atoms with Crippen LogP contribution in [-0.2, 0) is 4.74 Å². The molecule has 19 heavy (non-hydrogen) atoms. The third kappa shape index (κ3) is 3.32. The number of hydrogen-bond acceptors (Lipinski definition) is 4. The number of H-pyrrole nitrogens is 1. The van der Waals surface area contributed by atoms with E-state index >= 15 is 0 Å². The zero-order valence-electron chi connectivity index (χ0n) is 11.8. The van der Waals surface area contributed by atoms with Gasteiger partial charge >= 0.3 is 0 Å². The summed E-state index contributed by atoms with van der Waals surface area (Å²) in [6.45, 7) is 7.53. The van der Waals surface area contributed by atoms with Crippen molar-refractivity contribution in [2.75, 3.05) is 13.2 Å². The van der Waals surface area contributed by atoms with Gasteiger partial charge in [-0.2, -0.15) is 0 Å². The van der Waals surface area contributed by atoms with E-state index in [-0.39, 0.29) is 23.8 Å². The third-order valence-electron chi connectivity index (χ3n) is 3.53. The van der Waals surface area contributed by atoms with E-state index in [1.807, 2.05) is 13.8 Å². The minimum absolute atomic E-state index is 0.218. The van der Waals surface area contributed by atoms with Crippen LogP contribution >= 0.6 is 0 Å². The molecule has 1 aromatic heterocycles. The van der Waals surface area contributed by atoms with Gasteiger partial charge < -0.3 is 10.1 Å². The number of ether oxygens (including phenoxy) is 1. The topological polar surface area (TPSA) is 79.9 Å². The van der Waals surface area contributed by atoms with Crippen LogP contribution in [0.2, 0.25) is 0 Å². The van der Waals surface area contributed by atoms with Gasteiger partial charge in [0.1, 0.15) is 5.82 Å². The van der Waals surface area contributed by atoms with Crippen LogP contribution in [0.1, 0.15) is 56.0 Å². The first-order valence-electron chi connectivity index (χ1n) is 6.94. The molecule has 2 N–H and O–H groups in total. The fourth-order valence-electron chi connectivity index (χ4n) is 2.31. The van der Waals surface area contributed by atoms with E-state index in [9.17, 15) is 4.79 Å². The lowest BCUT2D eigenvalue weighted by molar-refractivity contribution is 0.0823. The van der Waals surface area contributed by atoms with Crippen LogP contribution in [0.25, 0.3) is 0 Å². The molecule has 2 unspecified atom stereocenters. The van der Waals surface area contributed by atoms with Gasteiger partial charge in [0.25, 0.3) is 5.91 Å². The van der Waals surface area contributed by atoms with Crippen molar-refractivity contribution < 1.29 is 9.53 Å². The molecule has 6 heteroatoms. The molecule has 6 nitrogen and oxygen atoms in total. The number of hydrogen-bond donors (Lipinski definition) is 2. The van der Waals surface area contributed by atoms with E-state index in [2.05, 4.69) is 27.4 Å². The molecule has 2 atom stereocenters. The summed E-state index contributed by atoms with van der Waals surface area (Å²) >= 11 is 0. The van der Waals surface area contributed by atoms with Gasteiger partial charge in [-0.1, -0.05) is 20.8 Å². The van der Waals surface area contributed by atoms with Crippen molar-refractivity contribution in [3.8, 4) is 0 Å². The number of carbonyl (C=O) groups excluding carboxylic acids is 1. The van der Waals surface area contributed by atoms with Crippen molar-refractivity contribution >= 4 is 5.91 Å². The van der Waals surface area contributed by atoms with Crippen LogP contribution in [0.5, 0.6) is 0 Å². The molecule has 1 aliphatic heterocycles. The minimum atomic E-state index is -0.218. The second-order valence-electron chi connectivity index (χ2n) is 5.28. The highest BCUT2D eigenvalue weighted by Gasteiger charge is 2.27. The monoisotopic (exact) mass is 266 g/mol. The summed E-state index contributed by atoms with van der Waals surface area (Å²) in [5.74, 6) is 1.38. The molecule has 2 heterocycles. The molecule has 1 amide bonds. The number of rotatable bonds is 5. The summed E-state index contributed by atoms with van der Waals surface area (Å²) < 4.78 is 5.60. The predicted octanol–water partition coefficient (Wildman–Crippen LogP) is 1.47. The standard InChI is InChI=1S/C13H22N4O2/c1-4-10-9(5-6-19-10)7-14-13(18)12-15-11(8(2)3)16-17-12/h8-10H,4-7H2,1-3H3,(H,14,18)(H,15,16,17). The van der Waals surface area contributed by atoms with Crippen molar-refractivity contribution in [2.24, 2.45) is 5.92 Å². The molecule has 0 radical (unpaired) electrons. The van der Waals surface area contributed by atoms with Gasteiger partial charge in [-0.05, 0) is 12.8 Å². The highest BCUT2D eigenvalue weighted by molar-refractivity contribution is 5.90. The lowest BCUT2D eigenvalue weighted by Gasteiger charge is -2.16. The fourth-order valence-corrected chi connectivity index (χ4v) is 2.31. The first-order chi connectivity index (χ1) is 9.11. The largest absolute Gasteiger partial charge is 0.378 e. The quantitative estimate of drug-likeness (QED) is 0.846. The zero-order valence-corrected chi connectivity index (χ0v) is 11.8. The number of nitrogens with zero attached hydrogens (tertiary/aromatic N) is 2. The summed E-state index contributed by atoms with van der Waals surface area (Å²) in [6.07, 6.45) is 2.25. The second-order valence-corrected chi connectivity index (χ2v) is 5.28. The van der Waals surface area contributed by atoms with Gasteiger partial charge in [0.2, 0.25) is 5.82 Å². The van der Waals surface area contributed by atoms with Gasteiger partial charge in [-0.15, -0.1) is 5.10 Å². The SMILES string of the molecule is CCC1OCCC1CNC(=O)c1n[nH]c(C(C)C)n1. The van der Waals surface area contributed by atoms with E-state index in [0.717, 1.165) is 25.3 Å². The summed E-state index contributed by atoms with van der Waals surface area (Å²) in [5, 5.41) is 9.62. The normalized spacial score (nSPS) is 22.9. The van der Waals surface area contributed by atoms with Gasteiger partial charge in [0, 0.05) is 25.0 Å². The number of aromatic amines is 1. The number of aromatic nitrogens is 3. The molecule has 0 spiro atoms. The Bertz CT molecular complexity index is 430. The van der Waals surface area contributed by atoms with Gasteiger partial charge in [0.15, 0.2) is 0 Å². The van der Waals surface area contributed by atoms with Crippen LogP contribution in [0, 0.1) is 5.92 Å². The molecule has 0 saturated carbocycles. The first kappa shape index (κ1) is 14.0. The average Bonchev–Trinajstić information content (AvgIpc) is 3.04. The lowest BCUT2D eigenvalue weighted by Crippen LogP contribution is -2.33. The maximum absolute atomic E-state index is 11.9. The van der Waals surface area contributed by atoms with E-state index in [1.54, 1.807) is 0 Å². The summed E-state index contributed by atoms with van der Waals surface area (Å²) in [5.41, 5.74) is 0. The molecule has 0 aromatic carbocycles. The van der Waals surface area contributed by atoms with Gasteiger partial charge in [0.05, 0.1) is 6.10 Å². The van der Waals surface area contributed by atoms with E-state index in [0.29, 0.717) is 12.5 Å². The molecule has 0 bridgehead atoms. The summed E-state index contributed by atoms with van der Waals surface area (Å²) in [7, 11) is 0. The van der Waals surface area contributed by atoms with Crippen molar-refractivity contribution in [3.05, 3.63) is 11.6 Å². The van der Waals surface area contributed by atoms with Crippen molar-refractivity contribution in [1.82, 2.24) is 20.5 Å². The molecular weight excluding hydrogens is 244 g/mol. The highest BCUT2D eigenvalue weighted by atomic mass is 16.5. The molecule has 1 aliphatic rings. The maximum Gasteiger partial charge on any atom is 0.290 e. The van der Waals surface area contributed by atoms with Crippen molar-refractivity contribution in [1.29, 1.82) is 0 Å². The smallest absolute Gasteiger partial charge is 0.290 e. The number of carbonyl (C=O) groups is 1. The van der Waals surface area contributed by atoms with Crippen LogP contribution in [-0.4, -0.2) is 40.3 Å². The Kier molecular flexibility index (Phi) is 4.52. The van der Waals surface area contributed by atoms with E-state index < -0.39 is 0 Å². The van der Waals surface area contributed by atoms with Crippen molar-refractivity contribution in [2.45, 2.75) is 45.6 Å². The second kappa shape index (κ2) is 6.14. The lowest BCUT2D eigenvalue weighted by atomic mass is 10.00. The molecule has 0 aliphatic carbocycles. The average molecular weight is 266 g/mol. The number of amides is 1. The molecule has 106 valence electrons. The Morgan fingerprint density at radius 1 is 1.58 bits per heavy atom. The van der Waals surface area contributed by atoms with Crippen LogP contribution in [0.15, 0.2) is 0 Å². The van der Waals surface area contributed by atoms with Gasteiger partial charge in [-0.3, -0.25) is 9.89 Å². The molecule has 1 fully saturated rings. The summed E-state index contributed by atoms with van der Waals surface area (Å²) in [4.78, 5) is 16.1. The fraction of sp³-hybridized carbons (Fsp3) is 0.769. The third-order valence-corrected chi connectivity index (χ3v) is 3.53. The number of nitrogens with one attached hydrogen (secondary N) is 2. The Balaban J connectivity index is 1.86. The van der Waals surface area contributed by atoms with Crippen LogP contribution in [0.3, 0.4) is 0 Å². The maximum atomic E-state index is 11.9. The molecule has 1 aromatic rings. The Morgan fingerprint density at radius 3 is 3.00 bits per heavy atom. The van der Waals surface area contributed by atoms with Crippen LogP contribution < -0.4 is 5.32 Å². The first-order valence-corrected chi connectivity index (χ1v) is 6.94. The minimum Gasteiger partial charge on any atom is -0.378 e. The molecule has 1 saturated heterocycles. The Hall–Kier alpha value is -1.43. The van der Waals surface area contributed by atoms with Gasteiger partial charge in [-0.25, -0.2) is 4.98 Å². The highest BCUT2D eigenvalue weighted by Crippen LogP contribution is 2.22. The Labute approximate surface area is 113 Å². The van der Waals surface area contributed by atoms with Crippen molar-refractivity contribution in [3.63, 3.8) is 0 Å². The molecular formula is C13H22N4O2. The molecule has 2 rings (SSSR count).